The molecule has 1 aliphatic rings. The van der Waals surface area contributed by atoms with E-state index in [0.717, 1.165) is 16.8 Å². The van der Waals surface area contributed by atoms with Crippen molar-refractivity contribution in [1.29, 1.82) is 0 Å². The van der Waals surface area contributed by atoms with E-state index in [2.05, 4.69) is 5.32 Å². The third-order valence-electron chi connectivity index (χ3n) is 5.22. The largest absolute Gasteiger partial charge is 0.493 e. The van der Waals surface area contributed by atoms with Crippen LogP contribution >= 0.6 is 0 Å². The second-order valence-corrected chi connectivity index (χ2v) is 7.37. The van der Waals surface area contributed by atoms with Gasteiger partial charge in [0.25, 0.3) is 11.8 Å². The number of carbonyl (C=O) groups is 2. The number of nitrogens with one attached hydrogen (secondary N) is 1. The van der Waals surface area contributed by atoms with Gasteiger partial charge in [0, 0.05) is 25.9 Å². The summed E-state index contributed by atoms with van der Waals surface area (Å²) in [7, 11) is 4.67. The molecule has 0 atom stereocenters. The lowest BCUT2D eigenvalue weighted by Crippen LogP contribution is -2.34. The molecular formula is C24H28N2O5. The SMILES string of the molecule is COCCCN1C(=O)C(Nc2cc(C)ccc2C)=C(c2ccc(OC)c(OC)c2)C1=O. The molecule has 2 amide bonds. The Morgan fingerprint density at radius 2 is 1.65 bits per heavy atom. The summed E-state index contributed by atoms with van der Waals surface area (Å²) in [4.78, 5) is 27.8. The number of amides is 2. The Balaban J connectivity index is 2.08. The molecule has 2 aromatic rings. The average Bonchev–Trinajstić information content (AvgIpc) is 3.00. The van der Waals surface area contributed by atoms with Crippen molar-refractivity contribution in [3.05, 3.63) is 58.8 Å². The Labute approximate surface area is 182 Å². The number of aryl methyl sites for hydroxylation is 2. The number of rotatable bonds is 9. The van der Waals surface area contributed by atoms with Crippen LogP contribution < -0.4 is 14.8 Å². The van der Waals surface area contributed by atoms with E-state index in [1.54, 1.807) is 32.4 Å². The number of hydrogen-bond donors (Lipinski definition) is 1. The van der Waals surface area contributed by atoms with E-state index >= 15 is 0 Å². The molecule has 1 N–H and O–H groups in total. The number of benzene rings is 2. The second kappa shape index (κ2) is 9.66. The molecular weight excluding hydrogens is 396 g/mol. The lowest BCUT2D eigenvalue weighted by molar-refractivity contribution is -0.136. The van der Waals surface area contributed by atoms with Crippen LogP contribution in [0, 0.1) is 13.8 Å². The number of anilines is 1. The van der Waals surface area contributed by atoms with Crippen molar-refractivity contribution in [2.45, 2.75) is 20.3 Å². The van der Waals surface area contributed by atoms with E-state index in [0.29, 0.717) is 35.7 Å². The average molecular weight is 424 g/mol. The summed E-state index contributed by atoms with van der Waals surface area (Å²) in [6.45, 7) is 4.67. The molecule has 0 fully saturated rings. The highest BCUT2D eigenvalue weighted by molar-refractivity contribution is 6.36. The minimum absolute atomic E-state index is 0.253. The molecule has 2 aromatic carbocycles. The minimum atomic E-state index is -0.355. The molecule has 0 saturated carbocycles. The molecule has 0 radical (unpaired) electrons. The Morgan fingerprint density at radius 1 is 0.903 bits per heavy atom. The van der Waals surface area contributed by atoms with Gasteiger partial charge in [-0.3, -0.25) is 14.5 Å². The fourth-order valence-electron chi connectivity index (χ4n) is 3.53. The summed E-state index contributed by atoms with van der Waals surface area (Å²) < 4.78 is 15.8. The van der Waals surface area contributed by atoms with Gasteiger partial charge in [0.1, 0.15) is 5.70 Å². The fraction of sp³-hybridized carbons (Fsp3) is 0.333. The number of methoxy groups -OCH3 is 3. The first-order chi connectivity index (χ1) is 14.9. The highest BCUT2D eigenvalue weighted by Gasteiger charge is 2.39. The standard InChI is InChI=1S/C24H28N2O5/c1-15-7-8-16(2)18(13-15)25-22-21(17-9-10-19(30-4)20(14-17)31-5)23(27)26(24(22)28)11-6-12-29-3/h7-10,13-14,25H,6,11-12H2,1-5H3. The molecule has 0 saturated heterocycles. The van der Waals surface area contributed by atoms with Gasteiger partial charge in [0.05, 0.1) is 19.8 Å². The van der Waals surface area contributed by atoms with Crippen molar-refractivity contribution in [1.82, 2.24) is 4.90 Å². The van der Waals surface area contributed by atoms with E-state index in [1.807, 2.05) is 32.0 Å². The van der Waals surface area contributed by atoms with Crippen molar-refractivity contribution < 1.29 is 23.8 Å². The predicted octanol–water partition coefficient (Wildman–Crippen LogP) is 3.55. The summed E-state index contributed by atoms with van der Waals surface area (Å²) in [5.41, 5.74) is 3.96. The van der Waals surface area contributed by atoms with Crippen LogP contribution in [0.1, 0.15) is 23.1 Å². The molecule has 0 aromatic heterocycles. The van der Waals surface area contributed by atoms with Crippen LogP contribution in [0.4, 0.5) is 5.69 Å². The molecule has 0 spiro atoms. The van der Waals surface area contributed by atoms with Crippen molar-refractivity contribution >= 4 is 23.1 Å². The molecule has 0 unspecified atom stereocenters. The normalized spacial score (nSPS) is 13.8. The number of ether oxygens (including phenoxy) is 3. The maximum atomic E-state index is 13.3. The molecule has 1 heterocycles. The van der Waals surface area contributed by atoms with E-state index in [9.17, 15) is 9.59 Å². The number of imide groups is 1. The van der Waals surface area contributed by atoms with Crippen LogP contribution in [0.25, 0.3) is 5.57 Å². The zero-order valence-electron chi connectivity index (χ0n) is 18.6. The smallest absolute Gasteiger partial charge is 0.278 e. The molecule has 1 aliphatic heterocycles. The summed E-state index contributed by atoms with van der Waals surface area (Å²) in [5.74, 6) is 0.328. The highest BCUT2D eigenvalue weighted by Crippen LogP contribution is 2.36. The first kappa shape index (κ1) is 22.4. The molecule has 7 heteroatoms. The van der Waals surface area contributed by atoms with Gasteiger partial charge >= 0.3 is 0 Å². The zero-order chi connectivity index (χ0) is 22.5. The number of hydrogen-bond acceptors (Lipinski definition) is 6. The van der Waals surface area contributed by atoms with E-state index in [-0.39, 0.29) is 24.1 Å². The van der Waals surface area contributed by atoms with Crippen LogP contribution in [-0.4, -0.2) is 51.2 Å². The van der Waals surface area contributed by atoms with Crippen LogP contribution in [-0.2, 0) is 14.3 Å². The van der Waals surface area contributed by atoms with Gasteiger partial charge in [-0.15, -0.1) is 0 Å². The van der Waals surface area contributed by atoms with Crippen molar-refractivity contribution in [2.24, 2.45) is 0 Å². The summed E-state index contributed by atoms with van der Waals surface area (Å²) in [5, 5.41) is 3.23. The van der Waals surface area contributed by atoms with Gasteiger partial charge < -0.3 is 19.5 Å². The first-order valence-electron chi connectivity index (χ1n) is 10.1. The summed E-state index contributed by atoms with van der Waals surface area (Å²) in [6, 6.07) is 11.1. The van der Waals surface area contributed by atoms with E-state index in [4.69, 9.17) is 14.2 Å². The molecule has 0 aliphatic carbocycles. The summed E-state index contributed by atoms with van der Waals surface area (Å²) >= 11 is 0. The molecule has 0 bridgehead atoms. The van der Waals surface area contributed by atoms with Crippen LogP contribution in [0.5, 0.6) is 11.5 Å². The molecule has 31 heavy (non-hydrogen) atoms. The third kappa shape index (κ3) is 4.56. The fourth-order valence-corrected chi connectivity index (χ4v) is 3.53. The van der Waals surface area contributed by atoms with E-state index < -0.39 is 0 Å². The van der Waals surface area contributed by atoms with Crippen LogP contribution in [0.3, 0.4) is 0 Å². The Morgan fingerprint density at radius 3 is 2.32 bits per heavy atom. The predicted molar refractivity (Wildman–Crippen MR) is 119 cm³/mol. The molecule has 7 nitrogen and oxygen atoms in total. The van der Waals surface area contributed by atoms with Gasteiger partial charge in [0.2, 0.25) is 0 Å². The van der Waals surface area contributed by atoms with Crippen molar-refractivity contribution in [3.63, 3.8) is 0 Å². The van der Waals surface area contributed by atoms with Gasteiger partial charge in [-0.25, -0.2) is 0 Å². The quantitative estimate of drug-likeness (QED) is 0.490. The Bertz CT molecular complexity index is 1030. The maximum Gasteiger partial charge on any atom is 0.278 e. The second-order valence-electron chi connectivity index (χ2n) is 7.37. The van der Waals surface area contributed by atoms with E-state index in [1.165, 1.54) is 12.0 Å². The highest BCUT2D eigenvalue weighted by atomic mass is 16.5. The topological polar surface area (TPSA) is 77.1 Å². The minimum Gasteiger partial charge on any atom is -0.493 e. The monoisotopic (exact) mass is 424 g/mol. The lowest BCUT2D eigenvalue weighted by Gasteiger charge is -2.15. The van der Waals surface area contributed by atoms with Crippen molar-refractivity contribution in [2.75, 3.05) is 39.8 Å². The molecule has 164 valence electrons. The lowest BCUT2D eigenvalue weighted by atomic mass is 10.0. The maximum absolute atomic E-state index is 13.3. The first-order valence-corrected chi connectivity index (χ1v) is 10.1. The van der Waals surface area contributed by atoms with Gasteiger partial charge in [-0.2, -0.15) is 0 Å². The van der Waals surface area contributed by atoms with Crippen LogP contribution in [0.2, 0.25) is 0 Å². The summed E-state index contributed by atoms with van der Waals surface area (Å²) in [6.07, 6.45) is 0.559. The van der Waals surface area contributed by atoms with Gasteiger partial charge in [-0.1, -0.05) is 18.2 Å². The number of carbonyl (C=O) groups excluding carboxylic acids is 2. The Hall–Kier alpha value is -3.32. The number of nitrogens with zero attached hydrogens (tertiary/aromatic N) is 1. The van der Waals surface area contributed by atoms with Gasteiger partial charge in [0.15, 0.2) is 11.5 Å². The van der Waals surface area contributed by atoms with Gasteiger partial charge in [-0.05, 0) is 55.2 Å². The third-order valence-corrected chi connectivity index (χ3v) is 5.22. The van der Waals surface area contributed by atoms with Crippen molar-refractivity contribution in [3.8, 4) is 11.5 Å². The molecule has 3 rings (SSSR count). The Kier molecular flexibility index (Phi) is 6.97. The zero-order valence-corrected chi connectivity index (χ0v) is 18.6. The van der Waals surface area contributed by atoms with Crippen LogP contribution in [0.15, 0.2) is 42.1 Å².